The molecule has 6 heteroatoms. The molecule has 0 aliphatic rings. The van der Waals surface area contributed by atoms with E-state index in [0.29, 0.717) is 11.3 Å². The first-order chi connectivity index (χ1) is 9.58. The van der Waals surface area contributed by atoms with E-state index in [9.17, 15) is 15.0 Å². The van der Waals surface area contributed by atoms with Gasteiger partial charge >= 0.3 is 5.97 Å². The van der Waals surface area contributed by atoms with Gasteiger partial charge in [0, 0.05) is 41.3 Å². The molecule has 0 amide bonds. The van der Waals surface area contributed by atoms with Crippen molar-refractivity contribution in [1.82, 2.24) is 0 Å². The summed E-state index contributed by atoms with van der Waals surface area (Å²) in [6, 6.07) is 14.3. The molecule has 105 valence electrons. The third-order valence-electron chi connectivity index (χ3n) is 2.90. The number of hydrogen-bond acceptors (Lipinski definition) is 4. The number of aromatic hydroxyl groups is 1. The van der Waals surface area contributed by atoms with Gasteiger partial charge in [0.15, 0.2) is 6.10 Å². The summed E-state index contributed by atoms with van der Waals surface area (Å²) in [6.07, 6.45) is -1.60. The molecule has 0 bridgehead atoms. The molecule has 0 spiro atoms. The van der Waals surface area contributed by atoms with Crippen LogP contribution in [0.2, 0.25) is 0 Å². The zero-order valence-corrected chi connectivity index (χ0v) is 13.6. The fourth-order valence-electron chi connectivity index (χ4n) is 1.92. The maximum Gasteiger partial charge on any atom is 0.335 e. The van der Waals surface area contributed by atoms with Crippen molar-refractivity contribution >= 4 is 41.2 Å². The fraction of sp³-hybridized carbons (Fsp3) is 0.133. The number of carboxylic acid groups (broad SMARTS) is 1. The number of nitrogens with one attached hydrogen (secondary N) is 1. The van der Waals surface area contributed by atoms with Gasteiger partial charge < -0.3 is 20.6 Å². The predicted octanol–water partition coefficient (Wildman–Crippen LogP) is 1.61. The van der Waals surface area contributed by atoms with E-state index < -0.39 is 18.1 Å². The second kappa shape index (κ2) is 8.05. The van der Waals surface area contributed by atoms with Crippen molar-refractivity contribution in [3.8, 4) is 5.75 Å². The monoisotopic (exact) mass is 296 g/mol. The van der Waals surface area contributed by atoms with Gasteiger partial charge in [0.2, 0.25) is 0 Å². The van der Waals surface area contributed by atoms with Gasteiger partial charge in [-0.15, -0.1) is 0 Å². The number of hydrogen-bond donors (Lipinski definition) is 4. The first-order valence-corrected chi connectivity index (χ1v) is 6.09. The Morgan fingerprint density at radius 3 is 2.29 bits per heavy atom. The maximum absolute atomic E-state index is 11.0. The average molecular weight is 296 g/mol. The molecule has 0 aromatic heterocycles. The van der Waals surface area contributed by atoms with Crippen LogP contribution in [0, 0.1) is 0 Å². The van der Waals surface area contributed by atoms with Crippen LogP contribution in [0.15, 0.2) is 54.6 Å². The summed E-state index contributed by atoms with van der Waals surface area (Å²) in [5.74, 6) is -1.25. The molecule has 0 aliphatic heterocycles. The molecular formula is C15H15NNaO4. The second-order valence-corrected chi connectivity index (χ2v) is 4.37. The largest absolute Gasteiger partial charge is 0.508 e. The molecule has 2 aromatic carbocycles. The SMILES string of the molecule is O=C(O)C(O)C(Nc1cccc(O)c1)c1ccccc1.[Na]. The van der Waals surface area contributed by atoms with Crippen molar-refractivity contribution in [2.45, 2.75) is 12.1 Å². The van der Waals surface area contributed by atoms with E-state index in [1.165, 1.54) is 12.1 Å². The number of anilines is 1. The number of benzene rings is 2. The number of rotatable bonds is 5. The Balaban J connectivity index is 0.00000220. The van der Waals surface area contributed by atoms with Gasteiger partial charge in [0.25, 0.3) is 0 Å². The first-order valence-electron chi connectivity index (χ1n) is 6.09. The van der Waals surface area contributed by atoms with Gasteiger partial charge in [0.1, 0.15) is 5.75 Å². The van der Waals surface area contributed by atoms with Crippen LogP contribution >= 0.6 is 0 Å². The van der Waals surface area contributed by atoms with Gasteiger partial charge in [-0.1, -0.05) is 36.4 Å². The normalized spacial score (nSPS) is 12.8. The Bertz CT molecular complexity index is 591. The van der Waals surface area contributed by atoms with Crippen molar-refractivity contribution in [3.63, 3.8) is 0 Å². The minimum atomic E-state index is -1.60. The fourth-order valence-corrected chi connectivity index (χ4v) is 1.92. The predicted molar refractivity (Wildman–Crippen MR) is 80.3 cm³/mol. The quantitative estimate of drug-likeness (QED) is 0.629. The summed E-state index contributed by atoms with van der Waals surface area (Å²) >= 11 is 0. The topological polar surface area (TPSA) is 89.8 Å². The zero-order chi connectivity index (χ0) is 14.5. The molecule has 0 aliphatic carbocycles. The van der Waals surface area contributed by atoms with Crippen LogP contribution in [-0.2, 0) is 4.79 Å². The van der Waals surface area contributed by atoms with Crippen molar-refractivity contribution in [3.05, 3.63) is 60.2 Å². The Morgan fingerprint density at radius 2 is 1.71 bits per heavy atom. The van der Waals surface area contributed by atoms with Crippen LogP contribution < -0.4 is 5.32 Å². The third kappa shape index (κ3) is 4.75. The van der Waals surface area contributed by atoms with E-state index in [4.69, 9.17) is 5.11 Å². The van der Waals surface area contributed by atoms with Gasteiger partial charge in [-0.3, -0.25) is 0 Å². The number of phenols is 1. The summed E-state index contributed by atoms with van der Waals surface area (Å²) in [6.45, 7) is 0. The molecule has 5 nitrogen and oxygen atoms in total. The molecule has 2 rings (SSSR count). The minimum absolute atomic E-state index is 0. The molecule has 0 fully saturated rings. The summed E-state index contributed by atoms with van der Waals surface area (Å²) in [4.78, 5) is 11.0. The summed E-state index contributed by atoms with van der Waals surface area (Å²) in [5.41, 5.74) is 1.17. The summed E-state index contributed by atoms with van der Waals surface area (Å²) in [7, 11) is 0. The van der Waals surface area contributed by atoms with Gasteiger partial charge in [-0.2, -0.15) is 0 Å². The van der Waals surface area contributed by atoms with E-state index in [0.717, 1.165) is 0 Å². The van der Waals surface area contributed by atoms with Crippen molar-refractivity contribution in [2.75, 3.05) is 5.32 Å². The second-order valence-electron chi connectivity index (χ2n) is 4.37. The van der Waals surface area contributed by atoms with Crippen LogP contribution in [0.5, 0.6) is 5.75 Å². The van der Waals surface area contributed by atoms with Crippen LogP contribution in [-0.4, -0.2) is 57.0 Å². The molecule has 1 radical (unpaired) electrons. The van der Waals surface area contributed by atoms with Crippen LogP contribution in [0.1, 0.15) is 11.6 Å². The smallest absolute Gasteiger partial charge is 0.335 e. The molecule has 0 saturated heterocycles. The van der Waals surface area contributed by atoms with E-state index >= 15 is 0 Å². The van der Waals surface area contributed by atoms with E-state index in [-0.39, 0.29) is 35.3 Å². The van der Waals surface area contributed by atoms with Crippen LogP contribution in [0.4, 0.5) is 5.69 Å². The number of carbonyl (C=O) groups is 1. The Kier molecular flexibility index (Phi) is 6.71. The molecule has 4 N–H and O–H groups in total. The Labute approximate surface area is 144 Å². The third-order valence-corrected chi connectivity index (χ3v) is 2.90. The molecule has 2 atom stereocenters. The molecular weight excluding hydrogens is 281 g/mol. The Morgan fingerprint density at radius 1 is 1.05 bits per heavy atom. The first kappa shape index (κ1) is 17.5. The number of phenolic OH excluding ortho intramolecular Hbond substituents is 1. The van der Waals surface area contributed by atoms with Crippen molar-refractivity contribution < 1.29 is 20.1 Å². The van der Waals surface area contributed by atoms with E-state index in [2.05, 4.69) is 5.32 Å². The van der Waals surface area contributed by atoms with Gasteiger partial charge in [0.05, 0.1) is 6.04 Å². The number of carboxylic acids is 1. The Hall–Kier alpha value is -1.53. The molecule has 21 heavy (non-hydrogen) atoms. The standard InChI is InChI=1S/C15H15NO4.Na/c17-12-8-4-7-11(9-12)16-13(14(18)15(19)20)10-5-2-1-3-6-10;/h1-9,13-14,16-18H,(H,19,20);. The molecule has 0 saturated carbocycles. The van der Waals surface area contributed by atoms with Gasteiger partial charge in [-0.25, -0.2) is 4.79 Å². The molecule has 2 unspecified atom stereocenters. The summed E-state index contributed by atoms with van der Waals surface area (Å²) < 4.78 is 0. The van der Waals surface area contributed by atoms with E-state index in [1.54, 1.807) is 36.4 Å². The van der Waals surface area contributed by atoms with E-state index in [1.807, 2.05) is 6.07 Å². The number of aliphatic hydroxyl groups is 1. The minimum Gasteiger partial charge on any atom is -0.508 e. The number of aliphatic hydroxyl groups excluding tert-OH is 1. The summed E-state index contributed by atoms with van der Waals surface area (Å²) in [5, 5.41) is 31.2. The maximum atomic E-state index is 11.0. The molecule has 2 aromatic rings. The number of aliphatic carboxylic acids is 1. The van der Waals surface area contributed by atoms with Crippen LogP contribution in [0.25, 0.3) is 0 Å². The van der Waals surface area contributed by atoms with Gasteiger partial charge in [-0.05, 0) is 17.7 Å². The zero-order valence-electron chi connectivity index (χ0n) is 11.6. The van der Waals surface area contributed by atoms with Crippen molar-refractivity contribution in [1.29, 1.82) is 0 Å². The molecule has 0 heterocycles. The van der Waals surface area contributed by atoms with Crippen molar-refractivity contribution in [2.24, 2.45) is 0 Å². The van der Waals surface area contributed by atoms with Crippen LogP contribution in [0.3, 0.4) is 0 Å². The average Bonchev–Trinajstić information content (AvgIpc) is 2.45.